The molecular formula is C18H31N3. The van der Waals surface area contributed by atoms with Crippen molar-refractivity contribution in [3.05, 3.63) is 0 Å². The van der Waals surface area contributed by atoms with Crippen molar-refractivity contribution in [3.8, 4) is 6.07 Å². The maximum atomic E-state index is 9.75. The Morgan fingerprint density at radius 2 is 1.86 bits per heavy atom. The van der Waals surface area contributed by atoms with Gasteiger partial charge in [0.2, 0.25) is 0 Å². The highest BCUT2D eigenvalue weighted by molar-refractivity contribution is 5.16. The summed E-state index contributed by atoms with van der Waals surface area (Å²) in [6.07, 6.45) is 14.3. The molecule has 0 bridgehead atoms. The van der Waals surface area contributed by atoms with Crippen LogP contribution < -0.4 is 5.32 Å². The van der Waals surface area contributed by atoms with E-state index in [4.69, 9.17) is 0 Å². The third-order valence-corrected chi connectivity index (χ3v) is 6.09. The van der Waals surface area contributed by atoms with Crippen LogP contribution in [0.2, 0.25) is 0 Å². The summed E-state index contributed by atoms with van der Waals surface area (Å²) in [5.74, 6) is 0.564. The minimum Gasteiger partial charge on any atom is -0.303 e. The van der Waals surface area contributed by atoms with Gasteiger partial charge in [-0.2, -0.15) is 5.26 Å². The van der Waals surface area contributed by atoms with Crippen molar-refractivity contribution in [2.24, 2.45) is 5.92 Å². The van der Waals surface area contributed by atoms with Crippen LogP contribution in [0.4, 0.5) is 0 Å². The van der Waals surface area contributed by atoms with Crippen LogP contribution in [0.15, 0.2) is 0 Å². The average molecular weight is 289 g/mol. The first-order chi connectivity index (χ1) is 10.2. The Hall–Kier alpha value is -0.590. The van der Waals surface area contributed by atoms with Gasteiger partial charge in [-0.15, -0.1) is 0 Å². The fraction of sp³-hybridized carbons (Fsp3) is 0.944. The normalized spacial score (nSPS) is 34.2. The quantitative estimate of drug-likeness (QED) is 0.814. The molecule has 0 aromatic heterocycles. The molecule has 3 heteroatoms. The molecule has 3 rings (SSSR count). The van der Waals surface area contributed by atoms with Gasteiger partial charge in [0.1, 0.15) is 5.54 Å². The van der Waals surface area contributed by atoms with Crippen LogP contribution in [0, 0.1) is 17.2 Å². The lowest BCUT2D eigenvalue weighted by atomic mass is 9.85. The summed E-state index contributed by atoms with van der Waals surface area (Å²) in [7, 11) is 2.30. The van der Waals surface area contributed by atoms with Gasteiger partial charge in [-0.1, -0.05) is 25.7 Å². The van der Waals surface area contributed by atoms with Gasteiger partial charge in [0, 0.05) is 12.1 Å². The van der Waals surface area contributed by atoms with Crippen molar-refractivity contribution >= 4 is 0 Å². The zero-order valence-electron chi connectivity index (χ0n) is 13.6. The molecular weight excluding hydrogens is 258 g/mol. The largest absolute Gasteiger partial charge is 0.303 e. The fourth-order valence-electron chi connectivity index (χ4n) is 4.49. The third-order valence-electron chi connectivity index (χ3n) is 6.09. The van der Waals surface area contributed by atoms with Crippen LogP contribution in [-0.4, -0.2) is 36.1 Å². The predicted octanol–water partition coefficient (Wildman–Crippen LogP) is 3.46. The summed E-state index contributed by atoms with van der Waals surface area (Å²) in [6, 6.07) is 4.11. The minimum absolute atomic E-state index is 0.200. The summed E-state index contributed by atoms with van der Waals surface area (Å²) >= 11 is 0. The average Bonchev–Trinajstić information content (AvgIpc) is 3.25. The molecule has 3 fully saturated rings. The van der Waals surface area contributed by atoms with Crippen molar-refractivity contribution in [2.75, 3.05) is 13.6 Å². The van der Waals surface area contributed by atoms with Crippen molar-refractivity contribution in [1.82, 2.24) is 10.2 Å². The van der Waals surface area contributed by atoms with Crippen molar-refractivity contribution in [2.45, 2.75) is 88.3 Å². The molecule has 0 amide bonds. The van der Waals surface area contributed by atoms with E-state index in [9.17, 15) is 5.26 Å². The summed E-state index contributed by atoms with van der Waals surface area (Å²) < 4.78 is 0. The molecule has 3 nitrogen and oxygen atoms in total. The standard InChI is InChI=1S/C18H31N3/c1-21(17-7-3-2-4-8-17)13-11-15-6-5-12-18(15,14-19)20-16-9-10-16/h15-17,20H,2-13H2,1H3. The summed E-state index contributed by atoms with van der Waals surface area (Å²) in [6.45, 7) is 1.17. The summed E-state index contributed by atoms with van der Waals surface area (Å²) in [5.41, 5.74) is -0.200. The van der Waals surface area contributed by atoms with Gasteiger partial charge in [-0.3, -0.25) is 5.32 Å². The number of nitrogens with one attached hydrogen (secondary N) is 1. The Kier molecular flexibility index (Phi) is 4.86. The van der Waals surface area contributed by atoms with Gasteiger partial charge in [0.15, 0.2) is 0 Å². The molecule has 0 aromatic carbocycles. The smallest absolute Gasteiger partial charge is 0.109 e. The first-order valence-electron chi connectivity index (χ1n) is 9.13. The van der Waals surface area contributed by atoms with E-state index in [0.29, 0.717) is 12.0 Å². The van der Waals surface area contributed by atoms with E-state index in [2.05, 4.69) is 23.3 Å². The highest BCUT2D eigenvalue weighted by Gasteiger charge is 2.45. The van der Waals surface area contributed by atoms with E-state index in [0.717, 1.165) is 12.5 Å². The van der Waals surface area contributed by atoms with E-state index < -0.39 is 0 Å². The number of rotatable bonds is 6. The molecule has 0 aromatic rings. The molecule has 0 aliphatic heterocycles. The van der Waals surface area contributed by atoms with Crippen LogP contribution in [0.5, 0.6) is 0 Å². The lowest BCUT2D eigenvalue weighted by Gasteiger charge is -2.34. The van der Waals surface area contributed by atoms with Gasteiger partial charge in [0.25, 0.3) is 0 Å². The predicted molar refractivity (Wildman–Crippen MR) is 86.0 cm³/mol. The van der Waals surface area contributed by atoms with Crippen LogP contribution in [0.1, 0.15) is 70.6 Å². The Morgan fingerprint density at radius 1 is 1.10 bits per heavy atom. The Bertz CT molecular complexity index is 378. The van der Waals surface area contributed by atoms with Crippen molar-refractivity contribution < 1.29 is 0 Å². The Labute approximate surface area is 130 Å². The van der Waals surface area contributed by atoms with E-state index in [-0.39, 0.29) is 5.54 Å². The molecule has 3 aliphatic rings. The number of nitriles is 1. The highest BCUT2D eigenvalue weighted by atomic mass is 15.1. The molecule has 0 heterocycles. The van der Waals surface area contributed by atoms with Crippen LogP contribution in [0.3, 0.4) is 0 Å². The van der Waals surface area contributed by atoms with E-state index >= 15 is 0 Å². The van der Waals surface area contributed by atoms with Gasteiger partial charge in [-0.25, -0.2) is 0 Å². The van der Waals surface area contributed by atoms with Crippen molar-refractivity contribution in [1.29, 1.82) is 5.26 Å². The van der Waals surface area contributed by atoms with Gasteiger partial charge >= 0.3 is 0 Å². The Morgan fingerprint density at radius 3 is 2.52 bits per heavy atom. The van der Waals surface area contributed by atoms with Gasteiger partial charge in [0.05, 0.1) is 6.07 Å². The maximum Gasteiger partial charge on any atom is 0.109 e. The lowest BCUT2D eigenvalue weighted by molar-refractivity contribution is 0.169. The monoisotopic (exact) mass is 289 g/mol. The molecule has 118 valence electrons. The molecule has 0 spiro atoms. The second-order valence-electron chi connectivity index (χ2n) is 7.65. The molecule has 0 saturated heterocycles. The summed E-state index contributed by atoms with van der Waals surface area (Å²) in [5, 5.41) is 13.4. The van der Waals surface area contributed by atoms with Gasteiger partial charge in [-0.05, 0) is 64.5 Å². The van der Waals surface area contributed by atoms with E-state index in [1.165, 1.54) is 70.8 Å². The molecule has 2 unspecified atom stereocenters. The summed E-state index contributed by atoms with van der Waals surface area (Å²) in [4.78, 5) is 2.58. The zero-order valence-corrected chi connectivity index (χ0v) is 13.6. The first-order valence-corrected chi connectivity index (χ1v) is 9.13. The topological polar surface area (TPSA) is 39.1 Å². The highest BCUT2D eigenvalue weighted by Crippen LogP contribution is 2.40. The van der Waals surface area contributed by atoms with Crippen LogP contribution in [-0.2, 0) is 0 Å². The fourth-order valence-corrected chi connectivity index (χ4v) is 4.49. The van der Waals surface area contributed by atoms with Gasteiger partial charge < -0.3 is 4.90 Å². The van der Waals surface area contributed by atoms with Crippen LogP contribution >= 0.6 is 0 Å². The third kappa shape index (κ3) is 3.60. The molecule has 1 N–H and O–H groups in total. The van der Waals surface area contributed by atoms with E-state index in [1.54, 1.807) is 0 Å². The van der Waals surface area contributed by atoms with Crippen molar-refractivity contribution in [3.63, 3.8) is 0 Å². The number of hydrogen-bond acceptors (Lipinski definition) is 3. The number of hydrogen-bond donors (Lipinski definition) is 1. The molecule has 0 radical (unpaired) electrons. The van der Waals surface area contributed by atoms with E-state index in [1.807, 2.05) is 0 Å². The second-order valence-corrected chi connectivity index (χ2v) is 7.65. The zero-order chi connectivity index (χ0) is 14.7. The second kappa shape index (κ2) is 6.67. The van der Waals surface area contributed by atoms with Crippen LogP contribution in [0.25, 0.3) is 0 Å². The molecule has 3 aliphatic carbocycles. The minimum atomic E-state index is -0.200. The Balaban J connectivity index is 1.52. The maximum absolute atomic E-state index is 9.75. The molecule has 2 atom stereocenters. The number of nitrogens with zero attached hydrogens (tertiary/aromatic N) is 2. The SMILES string of the molecule is CN(CCC1CCCC1(C#N)NC1CC1)C1CCCCC1. The molecule has 3 saturated carbocycles. The first kappa shape index (κ1) is 15.3. The lowest BCUT2D eigenvalue weighted by Crippen LogP contribution is -2.49. The molecule has 21 heavy (non-hydrogen) atoms.